The van der Waals surface area contributed by atoms with E-state index < -0.39 is 0 Å². The molecule has 0 atom stereocenters. The molecule has 110 valence electrons. The Hall–Kier alpha value is -2.05. The van der Waals surface area contributed by atoms with Gasteiger partial charge in [0.25, 0.3) is 5.91 Å². The van der Waals surface area contributed by atoms with E-state index in [0.717, 1.165) is 5.69 Å². The topological polar surface area (TPSA) is 67.7 Å². The number of ether oxygens (including phenoxy) is 1. The SMILES string of the molecule is CCOC(=O)N1CCN(C(=O)c2cc(C)n(C)n2)CC1. The molecule has 1 fully saturated rings. The van der Waals surface area contributed by atoms with E-state index >= 15 is 0 Å². The van der Waals surface area contributed by atoms with Crippen LogP contribution in [0.5, 0.6) is 0 Å². The Morgan fingerprint density at radius 3 is 2.35 bits per heavy atom. The standard InChI is InChI=1S/C13H20N4O3/c1-4-20-13(19)17-7-5-16(6-8-17)12(18)11-9-10(2)15(3)14-11/h9H,4-8H2,1-3H3. The van der Waals surface area contributed by atoms with Gasteiger partial charge >= 0.3 is 6.09 Å². The lowest BCUT2D eigenvalue weighted by molar-refractivity contribution is 0.0565. The van der Waals surface area contributed by atoms with Gasteiger partial charge in [-0.1, -0.05) is 0 Å². The van der Waals surface area contributed by atoms with Crippen molar-refractivity contribution in [1.29, 1.82) is 0 Å². The number of amides is 2. The van der Waals surface area contributed by atoms with Crippen molar-refractivity contribution in [3.8, 4) is 0 Å². The summed E-state index contributed by atoms with van der Waals surface area (Å²) in [5.41, 5.74) is 1.40. The van der Waals surface area contributed by atoms with Crippen LogP contribution in [0, 0.1) is 6.92 Å². The molecule has 1 saturated heterocycles. The first-order chi connectivity index (χ1) is 9.52. The first-order valence-electron chi connectivity index (χ1n) is 6.74. The van der Waals surface area contributed by atoms with Gasteiger partial charge in [0.05, 0.1) is 6.61 Å². The van der Waals surface area contributed by atoms with Crippen molar-refractivity contribution in [1.82, 2.24) is 19.6 Å². The third kappa shape index (κ3) is 2.92. The molecule has 2 heterocycles. The Balaban J connectivity index is 1.93. The summed E-state index contributed by atoms with van der Waals surface area (Å²) in [6.45, 7) is 6.06. The van der Waals surface area contributed by atoms with Crippen molar-refractivity contribution >= 4 is 12.0 Å². The van der Waals surface area contributed by atoms with Gasteiger partial charge in [0.15, 0.2) is 5.69 Å². The number of carbonyl (C=O) groups is 2. The minimum atomic E-state index is -0.312. The predicted molar refractivity (Wildman–Crippen MR) is 72.4 cm³/mol. The van der Waals surface area contributed by atoms with E-state index in [1.54, 1.807) is 27.5 Å². The average molecular weight is 280 g/mol. The highest BCUT2D eigenvalue weighted by Gasteiger charge is 2.26. The molecule has 20 heavy (non-hydrogen) atoms. The van der Waals surface area contributed by atoms with Crippen LogP contribution in [-0.4, -0.2) is 64.4 Å². The van der Waals surface area contributed by atoms with E-state index in [-0.39, 0.29) is 12.0 Å². The summed E-state index contributed by atoms with van der Waals surface area (Å²) in [7, 11) is 1.81. The van der Waals surface area contributed by atoms with Gasteiger partial charge in [0.1, 0.15) is 0 Å². The van der Waals surface area contributed by atoms with Gasteiger partial charge in [-0.3, -0.25) is 9.48 Å². The lowest BCUT2D eigenvalue weighted by Gasteiger charge is -2.33. The lowest BCUT2D eigenvalue weighted by atomic mass is 10.2. The third-order valence-corrected chi connectivity index (χ3v) is 3.43. The van der Waals surface area contributed by atoms with Gasteiger partial charge in [0, 0.05) is 38.9 Å². The molecule has 7 heteroatoms. The molecule has 0 unspecified atom stereocenters. The maximum atomic E-state index is 12.3. The van der Waals surface area contributed by atoms with Crippen molar-refractivity contribution in [3.63, 3.8) is 0 Å². The van der Waals surface area contributed by atoms with E-state index in [1.807, 2.05) is 14.0 Å². The van der Waals surface area contributed by atoms with Gasteiger partial charge in [-0.05, 0) is 19.9 Å². The molecule has 0 aromatic carbocycles. The number of aryl methyl sites for hydroxylation is 2. The molecular weight excluding hydrogens is 260 g/mol. The second-order valence-corrected chi connectivity index (χ2v) is 4.77. The number of nitrogens with zero attached hydrogens (tertiary/aromatic N) is 4. The normalized spacial score (nSPS) is 15.3. The van der Waals surface area contributed by atoms with Crippen LogP contribution in [0.3, 0.4) is 0 Å². The molecule has 7 nitrogen and oxygen atoms in total. The van der Waals surface area contributed by atoms with Crippen LogP contribution < -0.4 is 0 Å². The lowest BCUT2D eigenvalue weighted by Crippen LogP contribution is -2.50. The van der Waals surface area contributed by atoms with Crippen molar-refractivity contribution in [2.45, 2.75) is 13.8 Å². The Labute approximate surface area is 118 Å². The predicted octanol–water partition coefficient (Wildman–Crippen LogP) is 0.643. The summed E-state index contributed by atoms with van der Waals surface area (Å²) in [6.07, 6.45) is -0.312. The Morgan fingerprint density at radius 2 is 1.85 bits per heavy atom. The molecular formula is C13H20N4O3. The van der Waals surface area contributed by atoms with Crippen molar-refractivity contribution in [2.75, 3.05) is 32.8 Å². The molecule has 0 saturated carbocycles. The van der Waals surface area contributed by atoms with Crippen LogP contribution in [0.15, 0.2) is 6.07 Å². The molecule has 1 aliphatic rings. The van der Waals surface area contributed by atoms with Gasteiger partial charge in [-0.15, -0.1) is 0 Å². The van der Waals surface area contributed by atoms with Crippen molar-refractivity contribution in [3.05, 3.63) is 17.5 Å². The number of hydrogen-bond donors (Lipinski definition) is 0. The fourth-order valence-electron chi connectivity index (χ4n) is 2.13. The first kappa shape index (κ1) is 14.4. The molecule has 2 amide bonds. The second kappa shape index (κ2) is 5.94. The second-order valence-electron chi connectivity index (χ2n) is 4.77. The summed E-state index contributed by atoms with van der Waals surface area (Å²) >= 11 is 0. The molecule has 0 spiro atoms. The summed E-state index contributed by atoms with van der Waals surface area (Å²) in [6, 6.07) is 1.78. The number of rotatable bonds is 2. The third-order valence-electron chi connectivity index (χ3n) is 3.43. The van der Waals surface area contributed by atoms with E-state index in [9.17, 15) is 9.59 Å². The van der Waals surface area contributed by atoms with Crippen molar-refractivity contribution in [2.24, 2.45) is 7.05 Å². The first-order valence-corrected chi connectivity index (χ1v) is 6.74. The number of aromatic nitrogens is 2. The zero-order valence-corrected chi connectivity index (χ0v) is 12.1. The minimum Gasteiger partial charge on any atom is -0.450 e. The molecule has 2 rings (SSSR count). The van der Waals surface area contributed by atoms with Gasteiger partial charge < -0.3 is 14.5 Å². The van der Waals surface area contributed by atoms with Crippen LogP contribution in [0.25, 0.3) is 0 Å². The molecule has 1 aromatic heterocycles. The number of hydrogen-bond acceptors (Lipinski definition) is 4. The highest BCUT2D eigenvalue weighted by atomic mass is 16.6. The summed E-state index contributed by atoms with van der Waals surface area (Å²) in [4.78, 5) is 27.2. The Morgan fingerprint density at radius 1 is 1.25 bits per heavy atom. The zero-order valence-electron chi connectivity index (χ0n) is 12.1. The van der Waals surface area contributed by atoms with E-state index in [4.69, 9.17) is 4.74 Å². The Kier molecular flexibility index (Phi) is 4.26. The van der Waals surface area contributed by atoms with E-state index in [0.29, 0.717) is 38.5 Å². The molecule has 0 radical (unpaired) electrons. The summed E-state index contributed by atoms with van der Waals surface area (Å²) in [5.74, 6) is -0.0859. The largest absolute Gasteiger partial charge is 0.450 e. The summed E-state index contributed by atoms with van der Waals surface area (Å²) in [5, 5.41) is 4.19. The molecule has 0 N–H and O–H groups in total. The highest BCUT2D eigenvalue weighted by Crippen LogP contribution is 2.10. The molecule has 0 bridgehead atoms. The van der Waals surface area contributed by atoms with Crippen LogP contribution in [-0.2, 0) is 11.8 Å². The van der Waals surface area contributed by atoms with Crippen LogP contribution in [0.1, 0.15) is 23.1 Å². The van der Waals surface area contributed by atoms with Crippen LogP contribution >= 0.6 is 0 Å². The van der Waals surface area contributed by atoms with Crippen LogP contribution in [0.4, 0.5) is 4.79 Å². The van der Waals surface area contributed by atoms with Gasteiger partial charge in [0.2, 0.25) is 0 Å². The molecule has 1 aliphatic heterocycles. The average Bonchev–Trinajstić information content (AvgIpc) is 2.78. The maximum absolute atomic E-state index is 12.3. The van der Waals surface area contributed by atoms with Crippen LogP contribution in [0.2, 0.25) is 0 Å². The van der Waals surface area contributed by atoms with Crippen molar-refractivity contribution < 1.29 is 14.3 Å². The minimum absolute atomic E-state index is 0.0859. The van der Waals surface area contributed by atoms with Gasteiger partial charge in [-0.25, -0.2) is 4.79 Å². The summed E-state index contributed by atoms with van der Waals surface area (Å²) < 4.78 is 6.63. The number of carbonyl (C=O) groups excluding carboxylic acids is 2. The van der Waals surface area contributed by atoms with E-state index in [1.165, 1.54) is 0 Å². The monoisotopic (exact) mass is 280 g/mol. The molecule has 0 aliphatic carbocycles. The maximum Gasteiger partial charge on any atom is 0.409 e. The molecule has 1 aromatic rings. The number of piperazine rings is 1. The fraction of sp³-hybridized carbons (Fsp3) is 0.615. The Bertz CT molecular complexity index is 484. The quantitative estimate of drug-likeness (QED) is 0.797. The zero-order chi connectivity index (χ0) is 14.7. The fourth-order valence-corrected chi connectivity index (χ4v) is 2.13. The highest BCUT2D eigenvalue weighted by molar-refractivity contribution is 5.92. The van der Waals surface area contributed by atoms with E-state index in [2.05, 4.69) is 5.10 Å². The smallest absolute Gasteiger partial charge is 0.409 e. The van der Waals surface area contributed by atoms with Gasteiger partial charge in [-0.2, -0.15) is 5.10 Å².